The molecule has 2 aromatic heterocycles. The third-order valence-corrected chi connectivity index (χ3v) is 6.64. The summed E-state index contributed by atoms with van der Waals surface area (Å²) >= 11 is 1.57. The van der Waals surface area contributed by atoms with Gasteiger partial charge >= 0.3 is 0 Å². The Morgan fingerprint density at radius 1 is 1.17 bits per heavy atom. The number of carbonyl (C=O) groups excluding carboxylic acids is 1. The fraction of sp³-hybridized carbons (Fsp3) is 0.409. The van der Waals surface area contributed by atoms with Crippen LogP contribution in [0.25, 0.3) is 4.96 Å². The fourth-order valence-corrected chi connectivity index (χ4v) is 5.01. The highest BCUT2D eigenvalue weighted by Gasteiger charge is 2.20. The molecular formula is C22H25N3O4S. The van der Waals surface area contributed by atoms with Gasteiger partial charge in [0.15, 0.2) is 4.96 Å². The smallest absolute Gasteiger partial charge is 0.271 e. The van der Waals surface area contributed by atoms with E-state index in [0.717, 1.165) is 36.9 Å². The molecule has 0 saturated heterocycles. The van der Waals surface area contributed by atoms with Crippen molar-refractivity contribution in [3.8, 4) is 11.5 Å². The number of amides is 1. The number of aromatic nitrogens is 2. The maximum atomic E-state index is 13.1. The zero-order chi connectivity index (χ0) is 21.1. The molecule has 1 aliphatic rings. The average Bonchev–Trinajstić information content (AvgIpc) is 3.09. The number of nitrogens with zero attached hydrogens (tertiary/aromatic N) is 2. The number of benzene rings is 1. The Kier molecular flexibility index (Phi) is 6.03. The number of ether oxygens (including phenoxy) is 2. The van der Waals surface area contributed by atoms with E-state index in [4.69, 9.17) is 9.47 Å². The Bertz CT molecular complexity index is 1140. The van der Waals surface area contributed by atoms with Crippen LogP contribution in [-0.2, 0) is 19.4 Å². The molecule has 1 aromatic carbocycles. The second-order valence-corrected chi connectivity index (χ2v) is 8.40. The highest BCUT2D eigenvalue weighted by atomic mass is 32.1. The van der Waals surface area contributed by atoms with Crippen LogP contribution >= 0.6 is 11.3 Å². The molecule has 0 aliphatic heterocycles. The van der Waals surface area contributed by atoms with Crippen LogP contribution in [-0.4, -0.2) is 29.5 Å². The number of carbonyl (C=O) groups is 1. The molecule has 8 heteroatoms. The summed E-state index contributed by atoms with van der Waals surface area (Å²) in [4.78, 5) is 32.2. The number of aryl methyl sites for hydroxylation is 2. The van der Waals surface area contributed by atoms with Gasteiger partial charge < -0.3 is 14.8 Å². The molecule has 0 bridgehead atoms. The van der Waals surface area contributed by atoms with Crippen LogP contribution in [0.3, 0.4) is 0 Å². The highest BCUT2D eigenvalue weighted by molar-refractivity contribution is 7.17. The predicted molar refractivity (Wildman–Crippen MR) is 116 cm³/mol. The van der Waals surface area contributed by atoms with Gasteiger partial charge in [0.1, 0.15) is 17.1 Å². The molecule has 1 amide bonds. The number of fused-ring (bicyclic) bond motifs is 3. The van der Waals surface area contributed by atoms with Crippen molar-refractivity contribution in [1.29, 1.82) is 0 Å². The van der Waals surface area contributed by atoms with Crippen LogP contribution in [0.1, 0.15) is 52.2 Å². The van der Waals surface area contributed by atoms with Crippen LogP contribution in [0.15, 0.2) is 29.2 Å². The Morgan fingerprint density at radius 2 is 1.97 bits per heavy atom. The van der Waals surface area contributed by atoms with E-state index in [-0.39, 0.29) is 17.7 Å². The van der Waals surface area contributed by atoms with E-state index in [1.165, 1.54) is 23.9 Å². The first-order chi connectivity index (χ1) is 14.6. The maximum absolute atomic E-state index is 13.1. The lowest BCUT2D eigenvalue weighted by Crippen LogP contribution is -2.31. The summed E-state index contributed by atoms with van der Waals surface area (Å²) in [5, 5.41) is 2.82. The summed E-state index contributed by atoms with van der Waals surface area (Å²) in [7, 11) is 3.15. The van der Waals surface area contributed by atoms with Crippen LogP contribution in [0, 0.1) is 0 Å². The van der Waals surface area contributed by atoms with Crippen molar-refractivity contribution in [2.24, 2.45) is 0 Å². The van der Waals surface area contributed by atoms with Crippen molar-refractivity contribution in [2.75, 3.05) is 14.2 Å². The van der Waals surface area contributed by atoms with E-state index in [2.05, 4.69) is 10.3 Å². The van der Waals surface area contributed by atoms with Gasteiger partial charge in [-0.1, -0.05) is 12.8 Å². The van der Waals surface area contributed by atoms with E-state index in [9.17, 15) is 9.59 Å². The molecule has 0 spiro atoms. The number of methoxy groups -OCH3 is 2. The van der Waals surface area contributed by atoms with Crippen molar-refractivity contribution in [3.63, 3.8) is 0 Å². The van der Waals surface area contributed by atoms with Gasteiger partial charge in [0.2, 0.25) is 0 Å². The molecule has 30 heavy (non-hydrogen) atoms. The summed E-state index contributed by atoms with van der Waals surface area (Å²) in [6.45, 7) is 0.232. The van der Waals surface area contributed by atoms with Gasteiger partial charge in [-0.15, -0.1) is 11.3 Å². The van der Waals surface area contributed by atoms with Crippen LogP contribution in [0.4, 0.5) is 0 Å². The number of rotatable bonds is 5. The minimum atomic E-state index is -0.439. The summed E-state index contributed by atoms with van der Waals surface area (Å²) < 4.78 is 12.2. The zero-order valence-corrected chi connectivity index (χ0v) is 18.0. The normalized spacial score (nSPS) is 13.9. The molecule has 7 nitrogen and oxygen atoms in total. The second kappa shape index (κ2) is 8.87. The minimum absolute atomic E-state index is 0.0580. The zero-order valence-electron chi connectivity index (χ0n) is 17.2. The van der Waals surface area contributed by atoms with E-state index < -0.39 is 5.91 Å². The maximum Gasteiger partial charge on any atom is 0.271 e. The molecule has 158 valence electrons. The molecule has 0 saturated carbocycles. The molecule has 0 unspecified atom stereocenters. The molecular weight excluding hydrogens is 402 g/mol. The molecule has 3 aromatic rings. The van der Waals surface area contributed by atoms with Gasteiger partial charge in [0.25, 0.3) is 11.5 Å². The lowest BCUT2D eigenvalue weighted by atomic mass is 10.0. The molecule has 0 fully saturated rings. The summed E-state index contributed by atoms with van der Waals surface area (Å²) in [6, 6.07) is 5.39. The quantitative estimate of drug-likeness (QED) is 0.675. The molecule has 0 atom stereocenters. The van der Waals surface area contributed by atoms with Gasteiger partial charge in [-0.05, 0) is 37.8 Å². The number of nitrogens with one attached hydrogen (secondary N) is 1. The lowest BCUT2D eigenvalue weighted by molar-refractivity contribution is 0.0948. The van der Waals surface area contributed by atoms with E-state index in [1.54, 1.807) is 42.1 Å². The SMILES string of the molecule is COc1ccc(CNC(=O)c2cnc3sc4c(n3c2=O)CCCCCC4)c(OC)c1. The van der Waals surface area contributed by atoms with Crippen molar-refractivity contribution in [2.45, 2.75) is 45.1 Å². The summed E-state index contributed by atoms with van der Waals surface area (Å²) in [5.41, 5.74) is 1.58. The van der Waals surface area contributed by atoms with Gasteiger partial charge in [0.05, 0.1) is 14.2 Å². The topological polar surface area (TPSA) is 81.9 Å². The monoisotopic (exact) mass is 427 g/mol. The first-order valence-corrected chi connectivity index (χ1v) is 11.0. The molecule has 1 N–H and O–H groups in total. The van der Waals surface area contributed by atoms with Crippen LogP contribution in [0.2, 0.25) is 0 Å². The van der Waals surface area contributed by atoms with Gasteiger partial charge in [-0.25, -0.2) is 4.98 Å². The van der Waals surface area contributed by atoms with Crippen molar-refractivity contribution < 1.29 is 14.3 Å². The minimum Gasteiger partial charge on any atom is -0.497 e. The van der Waals surface area contributed by atoms with Crippen molar-refractivity contribution >= 4 is 22.2 Å². The number of hydrogen-bond donors (Lipinski definition) is 1. The predicted octanol–water partition coefficient (Wildman–Crippen LogP) is 3.36. The second-order valence-electron chi connectivity index (χ2n) is 7.34. The van der Waals surface area contributed by atoms with Crippen LogP contribution < -0.4 is 20.3 Å². The molecule has 2 heterocycles. The van der Waals surface area contributed by atoms with E-state index >= 15 is 0 Å². The van der Waals surface area contributed by atoms with Gasteiger partial charge in [-0.2, -0.15) is 0 Å². The van der Waals surface area contributed by atoms with Crippen molar-refractivity contribution in [3.05, 3.63) is 56.4 Å². The lowest BCUT2D eigenvalue weighted by Gasteiger charge is -2.12. The third-order valence-electron chi connectivity index (χ3n) is 5.48. The fourth-order valence-electron chi connectivity index (χ4n) is 3.85. The first kappa shape index (κ1) is 20.4. The first-order valence-electron chi connectivity index (χ1n) is 10.1. The number of thiazole rings is 1. The molecule has 1 aliphatic carbocycles. The van der Waals surface area contributed by atoms with Crippen molar-refractivity contribution in [1.82, 2.24) is 14.7 Å². The highest BCUT2D eigenvalue weighted by Crippen LogP contribution is 2.27. The molecule has 0 radical (unpaired) electrons. The van der Waals surface area contributed by atoms with E-state index in [0.29, 0.717) is 16.5 Å². The molecule has 4 rings (SSSR count). The Labute approximate surface area is 178 Å². The van der Waals surface area contributed by atoms with Gasteiger partial charge in [-0.3, -0.25) is 14.0 Å². The standard InChI is InChI=1S/C22H25N3O4S/c1-28-15-10-9-14(18(11-15)29-2)12-23-20(26)16-13-24-22-25(21(16)27)17-7-5-3-4-6-8-19(17)30-22/h9-11,13H,3-8,12H2,1-2H3,(H,23,26). The Morgan fingerprint density at radius 3 is 2.73 bits per heavy atom. The average molecular weight is 428 g/mol. The van der Waals surface area contributed by atoms with Crippen LogP contribution in [0.5, 0.6) is 11.5 Å². The Balaban J connectivity index is 1.60. The van der Waals surface area contributed by atoms with E-state index in [1.807, 2.05) is 6.07 Å². The number of hydrogen-bond acceptors (Lipinski definition) is 6. The van der Waals surface area contributed by atoms with Gasteiger partial charge in [0, 0.05) is 34.9 Å². The summed E-state index contributed by atoms with van der Waals surface area (Å²) in [5.74, 6) is 0.841. The summed E-state index contributed by atoms with van der Waals surface area (Å²) in [6.07, 6.45) is 7.79. The third kappa shape index (κ3) is 3.92. The Hall–Kier alpha value is -2.87. The largest absolute Gasteiger partial charge is 0.497 e.